The highest BCUT2D eigenvalue weighted by molar-refractivity contribution is 9.09. The van der Waals surface area contributed by atoms with E-state index in [0.29, 0.717) is 4.83 Å². The van der Waals surface area contributed by atoms with Crippen molar-refractivity contribution in [3.05, 3.63) is 64.5 Å². The van der Waals surface area contributed by atoms with E-state index in [-0.39, 0.29) is 0 Å². The number of aryl methyl sites for hydroxylation is 3. The second-order valence-corrected chi connectivity index (χ2v) is 6.49. The molecule has 2 aromatic rings. The molecule has 1 heterocycles. The van der Waals surface area contributed by atoms with Gasteiger partial charge < -0.3 is 0 Å². The van der Waals surface area contributed by atoms with Crippen molar-refractivity contribution in [3.8, 4) is 0 Å². The lowest BCUT2D eigenvalue weighted by molar-refractivity contribution is 0.896. The van der Waals surface area contributed by atoms with Gasteiger partial charge in [-0.1, -0.05) is 40.2 Å². The van der Waals surface area contributed by atoms with E-state index in [0.717, 1.165) is 12.1 Å². The molecule has 19 heavy (non-hydrogen) atoms. The molecule has 1 atom stereocenters. The van der Waals surface area contributed by atoms with Crippen LogP contribution in [0.15, 0.2) is 36.5 Å². The van der Waals surface area contributed by atoms with E-state index < -0.39 is 0 Å². The Morgan fingerprint density at radius 3 is 2.79 bits per heavy atom. The minimum atomic E-state index is 0.355. The van der Waals surface area contributed by atoms with Crippen molar-refractivity contribution in [2.45, 2.75) is 37.4 Å². The zero-order valence-corrected chi connectivity index (χ0v) is 12.8. The third kappa shape index (κ3) is 2.89. The van der Waals surface area contributed by atoms with E-state index in [1.165, 1.54) is 36.0 Å². The quantitative estimate of drug-likeness (QED) is 0.757. The van der Waals surface area contributed by atoms with Crippen LogP contribution >= 0.6 is 15.9 Å². The summed E-state index contributed by atoms with van der Waals surface area (Å²) in [5.41, 5.74) is 6.82. The Morgan fingerprint density at radius 2 is 2.00 bits per heavy atom. The Kier molecular flexibility index (Phi) is 3.69. The molecule has 0 aliphatic heterocycles. The summed E-state index contributed by atoms with van der Waals surface area (Å²) in [7, 11) is 0. The van der Waals surface area contributed by atoms with Crippen molar-refractivity contribution in [1.29, 1.82) is 0 Å². The highest BCUT2D eigenvalue weighted by Crippen LogP contribution is 2.31. The van der Waals surface area contributed by atoms with Crippen LogP contribution in [0.5, 0.6) is 0 Å². The monoisotopic (exact) mass is 315 g/mol. The topological polar surface area (TPSA) is 12.9 Å². The van der Waals surface area contributed by atoms with Crippen molar-refractivity contribution >= 4 is 15.9 Å². The van der Waals surface area contributed by atoms with Gasteiger partial charge in [0.15, 0.2) is 0 Å². The highest BCUT2D eigenvalue weighted by atomic mass is 79.9. The summed E-state index contributed by atoms with van der Waals surface area (Å²) in [5, 5.41) is 0. The summed E-state index contributed by atoms with van der Waals surface area (Å²) < 4.78 is 0. The average Bonchev–Trinajstić information content (AvgIpc) is 2.88. The molecule has 1 aliphatic rings. The van der Waals surface area contributed by atoms with Gasteiger partial charge in [-0.25, -0.2) is 0 Å². The zero-order valence-electron chi connectivity index (χ0n) is 11.2. The normalized spacial score (nSPS) is 15.3. The first kappa shape index (κ1) is 12.9. The third-order valence-electron chi connectivity index (χ3n) is 3.85. The van der Waals surface area contributed by atoms with Gasteiger partial charge in [-0.05, 0) is 54.5 Å². The second kappa shape index (κ2) is 5.46. The maximum absolute atomic E-state index is 4.49. The SMILES string of the molecule is Cc1ccc(CC(Br)c2ccc3c(c2)CCC3)nc1. The summed E-state index contributed by atoms with van der Waals surface area (Å²) in [4.78, 5) is 4.84. The number of halogens is 1. The number of aromatic nitrogens is 1. The lowest BCUT2D eigenvalue weighted by atomic mass is 10.0. The number of nitrogens with zero attached hydrogens (tertiary/aromatic N) is 1. The molecule has 1 aromatic heterocycles. The van der Waals surface area contributed by atoms with Crippen molar-refractivity contribution in [2.24, 2.45) is 0 Å². The van der Waals surface area contributed by atoms with Crippen LogP contribution in [-0.2, 0) is 19.3 Å². The molecule has 1 aliphatic carbocycles. The predicted octanol–water partition coefficient (Wildman–Crippen LogP) is 4.56. The van der Waals surface area contributed by atoms with Gasteiger partial charge in [0.2, 0.25) is 0 Å². The number of alkyl halides is 1. The predicted molar refractivity (Wildman–Crippen MR) is 82.8 cm³/mol. The number of rotatable bonds is 3. The zero-order chi connectivity index (χ0) is 13.2. The molecule has 0 saturated carbocycles. The molecule has 1 nitrogen and oxygen atoms in total. The molecule has 2 heteroatoms. The molecule has 98 valence electrons. The maximum Gasteiger partial charge on any atom is 0.0450 e. The Bertz CT molecular complexity index is 574. The van der Waals surface area contributed by atoms with Crippen LogP contribution in [0.2, 0.25) is 0 Å². The van der Waals surface area contributed by atoms with Gasteiger partial charge in [0.25, 0.3) is 0 Å². The lowest BCUT2D eigenvalue weighted by Crippen LogP contribution is -1.99. The van der Waals surface area contributed by atoms with E-state index in [9.17, 15) is 0 Å². The molecule has 0 bridgehead atoms. The van der Waals surface area contributed by atoms with Gasteiger partial charge in [0.1, 0.15) is 0 Å². The van der Waals surface area contributed by atoms with E-state index in [1.807, 2.05) is 6.20 Å². The maximum atomic E-state index is 4.49. The standard InChI is InChI=1S/C17H18BrN/c1-12-5-8-16(19-11-12)10-17(18)15-7-6-13-3-2-4-14(13)9-15/h5-9,11,17H,2-4,10H2,1H3. The number of benzene rings is 1. The molecule has 0 fully saturated rings. The van der Waals surface area contributed by atoms with Crippen LogP contribution < -0.4 is 0 Å². The summed E-state index contributed by atoms with van der Waals surface area (Å²) >= 11 is 3.81. The molecule has 0 radical (unpaired) electrons. The van der Waals surface area contributed by atoms with Crippen LogP contribution in [0.3, 0.4) is 0 Å². The first-order valence-electron chi connectivity index (χ1n) is 6.89. The molecular formula is C17H18BrN. The van der Waals surface area contributed by atoms with E-state index in [4.69, 9.17) is 0 Å². The number of hydrogen-bond donors (Lipinski definition) is 0. The molecule has 0 saturated heterocycles. The van der Waals surface area contributed by atoms with Crippen LogP contribution in [0.25, 0.3) is 0 Å². The summed E-state index contributed by atoms with van der Waals surface area (Å²) in [6.07, 6.45) is 6.69. The molecule has 1 aromatic carbocycles. The van der Waals surface area contributed by atoms with Crippen LogP contribution in [0, 0.1) is 6.92 Å². The number of fused-ring (bicyclic) bond motifs is 1. The fourth-order valence-corrected chi connectivity index (χ4v) is 3.32. The molecule has 0 spiro atoms. The van der Waals surface area contributed by atoms with E-state index >= 15 is 0 Å². The van der Waals surface area contributed by atoms with Gasteiger partial charge >= 0.3 is 0 Å². The number of pyridine rings is 1. The minimum Gasteiger partial charge on any atom is -0.261 e. The van der Waals surface area contributed by atoms with Crippen LogP contribution in [0.4, 0.5) is 0 Å². The summed E-state index contributed by atoms with van der Waals surface area (Å²) in [6.45, 7) is 2.07. The summed E-state index contributed by atoms with van der Waals surface area (Å²) in [6, 6.07) is 11.2. The average molecular weight is 316 g/mol. The van der Waals surface area contributed by atoms with E-state index in [2.05, 4.69) is 58.2 Å². The molecular weight excluding hydrogens is 298 g/mol. The van der Waals surface area contributed by atoms with Gasteiger partial charge in [-0.3, -0.25) is 4.98 Å². The minimum absolute atomic E-state index is 0.355. The Morgan fingerprint density at radius 1 is 1.16 bits per heavy atom. The molecule has 0 N–H and O–H groups in total. The second-order valence-electron chi connectivity index (χ2n) is 5.38. The fourth-order valence-electron chi connectivity index (χ4n) is 2.71. The molecule has 1 unspecified atom stereocenters. The van der Waals surface area contributed by atoms with Crippen molar-refractivity contribution in [2.75, 3.05) is 0 Å². The van der Waals surface area contributed by atoms with Gasteiger partial charge in [-0.2, -0.15) is 0 Å². The summed E-state index contributed by atoms with van der Waals surface area (Å²) in [5.74, 6) is 0. The van der Waals surface area contributed by atoms with Gasteiger partial charge in [0, 0.05) is 23.1 Å². The van der Waals surface area contributed by atoms with Crippen LogP contribution in [0.1, 0.15) is 39.2 Å². The van der Waals surface area contributed by atoms with Crippen LogP contribution in [-0.4, -0.2) is 4.98 Å². The Hall–Kier alpha value is -1.15. The molecule has 0 amide bonds. The first-order chi connectivity index (χ1) is 9.22. The molecule has 3 rings (SSSR count). The number of hydrogen-bond acceptors (Lipinski definition) is 1. The highest BCUT2D eigenvalue weighted by Gasteiger charge is 2.15. The Labute approximate surface area is 123 Å². The fraction of sp³-hybridized carbons (Fsp3) is 0.353. The van der Waals surface area contributed by atoms with Gasteiger partial charge in [0.05, 0.1) is 0 Å². The van der Waals surface area contributed by atoms with Crippen molar-refractivity contribution in [1.82, 2.24) is 4.98 Å². The largest absolute Gasteiger partial charge is 0.261 e. The third-order valence-corrected chi connectivity index (χ3v) is 4.70. The van der Waals surface area contributed by atoms with Crippen molar-refractivity contribution in [3.63, 3.8) is 0 Å². The first-order valence-corrected chi connectivity index (χ1v) is 7.81. The van der Waals surface area contributed by atoms with E-state index in [1.54, 1.807) is 5.56 Å². The Balaban J connectivity index is 1.76. The van der Waals surface area contributed by atoms with Gasteiger partial charge in [-0.15, -0.1) is 0 Å². The lowest BCUT2D eigenvalue weighted by Gasteiger charge is -2.12. The smallest absolute Gasteiger partial charge is 0.0450 e. The van der Waals surface area contributed by atoms with Crippen molar-refractivity contribution < 1.29 is 0 Å².